The van der Waals surface area contributed by atoms with Crippen molar-refractivity contribution in [1.82, 2.24) is 9.97 Å². The fourth-order valence-electron chi connectivity index (χ4n) is 7.15. The van der Waals surface area contributed by atoms with Crippen LogP contribution in [0, 0.1) is 34.0 Å². The van der Waals surface area contributed by atoms with Crippen molar-refractivity contribution in [1.29, 1.82) is 15.8 Å². The van der Waals surface area contributed by atoms with E-state index < -0.39 is 23.5 Å². The number of halogens is 6. The van der Waals surface area contributed by atoms with Crippen LogP contribution in [0.3, 0.4) is 0 Å². The molecule has 0 unspecified atom stereocenters. The maximum atomic E-state index is 13.2. The first-order valence-corrected chi connectivity index (χ1v) is 17.1. The predicted octanol–water partition coefficient (Wildman–Crippen LogP) is 11.8. The van der Waals surface area contributed by atoms with E-state index in [-0.39, 0.29) is 11.1 Å². The number of benzene rings is 5. The van der Waals surface area contributed by atoms with E-state index in [4.69, 9.17) is 15.0 Å². The Morgan fingerprint density at radius 2 is 1.07 bits per heavy atom. The van der Waals surface area contributed by atoms with Crippen LogP contribution in [-0.4, -0.2) is 15.7 Å². The largest absolute Gasteiger partial charge is 0.416 e. The third-order valence-electron chi connectivity index (χ3n) is 9.91. The van der Waals surface area contributed by atoms with Gasteiger partial charge in [-0.1, -0.05) is 55.1 Å². The predicted molar refractivity (Wildman–Crippen MR) is 203 cm³/mol. The van der Waals surface area contributed by atoms with E-state index in [2.05, 4.69) is 12.6 Å². The molecule has 0 atom stereocenters. The molecule has 0 aliphatic heterocycles. The van der Waals surface area contributed by atoms with Crippen molar-refractivity contribution < 1.29 is 26.3 Å². The van der Waals surface area contributed by atoms with E-state index in [1.54, 1.807) is 61.5 Å². The Morgan fingerprint density at radius 1 is 0.561 bits per heavy atom. The van der Waals surface area contributed by atoms with Gasteiger partial charge >= 0.3 is 12.4 Å². The molecule has 8 rings (SSSR count). The first-order valence-electron chi connectivity index (χ1n) is 17.1. The Hall–Kier alpha value is -7.62. The number of nitriles is 3. The highest BCUT2D eigenvalue weighted by molar-refractivity contribution is 6.30. The SMILES string of the molecule is C=C1/C(=C(/C)C#N)c2cc(-c3ccc(C(F)(F)F)cc3)ccc2/C1=N/c1ccc2nc3c(nc2c1)-c1ccc(-c2ccc(C(F)(F)F)cc2)cc1C3=C(C#N)C#N. The van der Waals surface area contributed by atoms with Crippen molar-refractivity contribution in [2.75, 3.05) is 0 Å². The van der Waals surface area contributed by atoms with Crippen molar-refractivity contribution in [3.8, 4) is 51.7 Å². The van der Waals surface area contributed by atoms with Gasteiger partial charge in [-0.05, 0) is 94.9 Å². The summed E-state index contributed by atoms with van der Waals surface area (Å²) in [6.07, 6.45) is -8.97. The number of nitrogens with zero attached hydrogens (tertiary/aromatic N) is 6. The number of fused-ring (bicyclic) bond motifs is 5. The highest BCUT2D eigenvalue weighted by Gasteiger charge is 2.33. The molecule has 1 heterocycles. The normalized spacial score (nSPS) is 14.8. The Bertz CT molecular complexity index is 2950. The number of hydrogen-bond acceptors (Lipinski definition) is 6. The van der Waals surface area contributed by atoms with Gasteiger partial charge in [0.25, 0.3) is 0 Å². The molecule has 6 nitrogen and oxygen atoms in total. The van der Waals surface area contributed by atoms with Crippen LogP contribution < -0.4 is 0 Å². The zero-order valence-electron chi connectivity index (χ0n) is 29.5. The van der Waals surface area contributed by atoms with E-state index in [1.807, 2.05) is 12.1 Å². The first-order chi connectivity index (χ1) is 27.2. The number of allylic oxidation sites excluding steroid dienone is 4. The van der Waals surface area contributed by atoms with E-state index in [9.17, 15) is 42.1 Å². The van der Waals surface area contributed by atoms with Gasteiger partial charge in [-0.2, -0.15) is 42.1 Å². The molecule has 0 radical (unpaired) electrons. The van der Waals surface area contributed by atoms with Crippen LogP contribution in [0.25, 0.3) is 55.7 Å². The molecule has 274 valence electrons. The molecule has 0 N–H and O–H groups in total. The lowest BCUT2D eigenvalue weighted by Gasteiger charge is -2.09. The summed E-state index contributed by atoms with van der Waals surface area (Å²) in [7, 11) is 0. The van der Waals surface area contributed by atoms with Gasteiger partial charge in [0.15, 0.2) is 0 Å². The minimum absolute atomic E-state index is 0.201. The summed E-state index contributed by atoms with van der Waals surface area (Å²) in [6, 6.07) is 31.2. The molecular weight excluding hydrogens is 739 g/mol. The zero-order chi connectivity index (χ0) is 40.4. The van der Waals surface area contributed by atoms with E-state index in [0.717, 1.165) is 24.3 Å². The Kier molecular flexibility index (Phi) is 8.48. The number of rotatable bonds is 3. The monoisotopic (exact) mass is 760 g/mol. The van der Waals surface area contributed by atoms with Crippen LogP contribution in [-0.2, 0) is 12.4 Å². The Balaban J connectivity index is 1.21. The number of aromatic nitrogens is 2. The maximum Gasteiger partial charge on any atom is 0.416 e. The molecule has 2 aliphatic rings. The average Bonchev–Trinajstić information content (AvgIpc) is 3.65. The molecule has 6 aromatic rings. The number of hydrogen-bond donors (Lipinski definition) is 0. The summed E-state index contributed by atoms with van der Waals surface area (Å²) >= 11 is 0. The van der Waals surface area contributed by atoms with Crippen molar-refractivity contribution in [3.63, 3.8) is 0 Å². The number of aliphatic imine (C=N–C) groups is 1. The van der Waals surface area contributed by atoms with Gasteiger partial charge in [-0.25, -0.2) is 15.0 Å². The van der Waals surface area contributed by atoms with Gasteiger partial charge in [-0.3, -0.25) is 0 Å². The van der Waals surface area contributed by atoms with Crippen LogP contribution in [0.1, 0.15) is 40.4 Å². The van der Waals surface area contributed by atoms with Crippen LogP contribution >= 0.6 is 0 Å². The van der Waals surface area contributed by atoms with Gasteiger partial charge in [-0.15, -0.1) is 0 Å². The highest BCUT2D eigenvalue weighted by Crippen LogP contribution is 2.47. The van der Waals surface area contributed by atoms with Gasteiger partial charge in [0.2, 0.25) is 0 Å². The molecular formula is C45H22F6N6. The van der Waals surface area contributed by atoms with Crippen molar-refractivity contribution in [2.24, 2.45) is 4.99 Å². The van der Waals surface area contributed by atoms with Crippen molar-refractivity contribution >= 4 is 33.6 Å². The van der Waals surface area contributed by atoms with Gasteiger partial charge in [0, 0.05) is 33.4 Å². The van der Waals surface area contributed by atoms with Crippen LogP contribution in [0.15, 0.2) is 131 Å². The summed E-state index contributed by atoms with van der Waals surface area (Å²) in [5.74, 6) is 0. The van der Waals surface area contributed by atoms with Crippen LogP contribution in [0.5, 0.6) is 0 Å². The summed E-state index contributed by atoms with van der Waals surface area (Å²) in [6.45, 7) is 5.91. The number of alkyl halides is 6. The second-order valence-electron chi connectivity index (χ2n) is 13.3. The molecule has 2 aliphatic carbocycles. The van der Waals surface area contributed by atoms with Gasteiger partial charge < -0.3 is 0 Å². The zero-order valence-corrected chi connectivity index (χ0v) is 29.5. The second-order valence-corrected chi connectivity index (χ2v) is 13.3. The van der Waals surface area contributed by atoms with E-state index >= 15 is 0 Å². The summed E-state index contributed by atoms with van der Waals surface area (Å²) in [5, 5.41) is 29.7. The van der Waals surface area contributed by atoms with Crippen molar-refractivity contribution in [3.05, 3.63) is 160 Å². The van der Waals surface area contributed by atoms with Gasteiger partial charge in [0.05, 0.1) is 51.0 Å². The maximum absolute atomic E-state index is 13.2. The molecule has 12 heteroatoms. The molecule has 0 fully saturated rings. The summed E-state index contributed by atoms with van der Waals surface area (Å²) in [4.78, 5) is 14.7. The summed E-state index contributed by atoms with van der Waals surface area (Å²) in [5.41, 5.74) is 7.16. The Morgan fingerprint density at radius 3 is 1.60 bits per heavy atom. The fourth-order valence-corrected chi connectivity index (χ4v) is 7.15. The fraction of sp³-hybridized carbons (Fsp3) is 0.0667. The topological polar surface area (TPSA) is 110 Å². The van der Waals surface area contributed by atoms with E-state index in [1.165, 1.54) is 24.3 Å². The molecule has 0 saturated heterocycles. The molecule has 0 amide bonds. The van der Waals surface area contributed by atoms with Gasteiger partial charge in [0.1, 0.15) is 17.7 Å². The third kappa shape index (κ3) is 6.22. The highest BCUT2D eigenvalue weighted by atomic mass is 19.4. The van der Waals surface area contributed by atoms with Crippen LogP contribution in [0.4, 0.5) is 32.0 Å². The lowest BCUT2D eigenvalue weighted by atomic mass is 9.96. The quantitative estimate of drug-likeness (QED) is 0.132. The first kappa shape index (κ1) is 36.4. The Labute approximate surface area is 321 Å². The molecule has 0 saturated carbocycles. The molecule has 1 aromatic heterocycles. The van der Waals surface area contributed by atoms with Crippen molar-refractivity contribution in [2.45, 2.75) is 19.3 Å². The summed E-state index contributed by atoms with van der Waals surface area (Å²) < 4.78 is 79.3. The lowest BCUT2D eigenvalue weighted by Crippen LogP contribution is -2.04. The lowest BCUT2D eigenvalue weighted by molar-refractivity contribution is -0.138. The third-order valence-corrected chi connectivity index (χ3v) is 9.91. The standard InChI is InChI=1S/C45H22F6N6/c1-23(20-52)39-24(2)41(33-14-7-27(17-35(33)39)25-3-9-30(10-4-25)44(46,47)48)55-32-13-16-37-38(19-32)57-42-34-15-8-28(26-5-11-31(12-6-26)45(49,50)51)18-36(34)40(43(42)56-37)29(21-53)22-54/h3-19H,2H2,1H3/b39-23+,55-41+. The molecule has 57 heavy (non-hydrogen) atoms. The molecule has 0 bridgehead atoms. The minimum Gasteiger partial charge on any atom is -0.248 e. The smallest absolute Gasteiger partial charge is 0.248 e. The second kappa shape index (κ2) is 13.3. The van der Waals surface area contributed by atoms with Crippen LogP contribution in [0.2, 0.25) is 0 Å². The minimum atomic E-state index is -4.50. The van der Waals surface area contributed by atoms with E-state index in [0.29, 0.717) is 95.0 Å². The molecule has 5 aromatic carbocycles. The molecule has 0 spiro atoms. The average molecular weight is 761 g/mol.